The van der Waals surface area contributed by atoms with Crippen molar-refractivity contribution in [2.75, 3.05) is 26.4 Å². The lowest BCUT2D eigenvalue weighted by molar-refractivity contribution is -0.697. The van der Waals surface area contributed by atoms with Gasteiger partial charge in [0, 0.05) is 25.2 Å². The molecule has 10 heteroatoms. The number of unbranched alkanes of at least 4 members (excludes halogenated alkanes) is 16. The molecule has 44 heavy (non-hydrogen) atoms. The lowest BCUT2D eigenvalue weighted by Gasteiger charge is -2.25. The quantitative estimate of drug-likeness (QED) is 0.0270. The molecule has 2 unspecified atom stereocenters. The lowest BCUT2D eigenvalue weighted by Crippen LogP contribution is -2.32. The number of ketones is 1. The van der Waals surface area contributed by atoms with E-state index in [4.69, 9.17) is 18.5 Å². The summed E-state index contributed by atoms with van der Waals surface area (Å²) >= 11 is 0. The van der Waals surface area contributed by atoms with Crippen LogP contribution in [0.1, 0.15) is 136 Å². The van der Waals surface area contributed by atoms with Crippen LogP contribution in [0, 0.1) is 0 Å². The molecule has 1 rings (SSSR count). The number of hydrogen-bond donors (Lipinski definition) is 0. The molecule has 0 spiro atoms. The fourth-order valence-corrected chi connectivity index (χ4v) is 5.66. The zero-order valence-corrected chi connectivity index (χ0v) is 28.5. The van der Waals surface area contributed by atoms with Crippen LogP contribution in [0.2, 0.25) is 0 Å². The molecule has 1 aromatic rings. The smallest absolute Gasteiger partial charge is 0.313 e. The molecule has 0 aromatic carbocycles. The Balaban J connectivity index is 2.13. The third-order valence-corrected chi connectivity index (χ3v) is 8.36. The Morgan fingerprint density at radius 2 is 1.23 bits per heavy atom. The Hall–Kier alpha value is -1.64. The highest BCUT2D eigenvalue weighted by Crippen LogP contribution is 2.38. The summed E-state index contributed by atoms with van der Waals surface area (Å²) in [5, 5.41) is 0. The normalized spacial score (nSPS) is 13.4. The second-order valence-corrected chi connectivity index (χ2v) is 13.2. The molecule has 0 saturated carbocycles. The molecule has 0 aliphatic carbocycles. The zero-order valence-electron chi connectivity index (χ0n) is 27.6. The highest BCUT2D eigenvalue weighted by Gasteiger charge is 2.20. The Kier molecular flexibility index (Phi) is 25.4. The van der Waals surface area contributed by atoms with Crippen LogP contribution in [0.3, 0.4) is 0 Å². The first kappa shape index (κ1) is 40.4. The van der Waals surface area contributed by atoms with E-state index in [1.165, 1.54) is 90.4 Å². The number of Topliss-reactive ketones (excluding diaryl/α,β-unsaturated/α-hetero) is 1. The third-order valence-electron chi connectivity index (χ3n) is 7.39. The van der Waals surface area contributed by atoms with Gasteiger partial charge in [-0.25, -0.2) is 4.57 Å². The van der Waals surface area contributed by atoms with Gasteiger partial charge in [0.05, 0.1) is 19.8 Å². The van der Waals surface area contributed by atoms with Crippen molar-refractivity contribution >= 4 is 19.6 Å². The fourth-order valence-electron chi connectivity index (χ4n) is 4.88. The van der Waals surface area contributed by atoms with Gasteiger partial charge in [0.25, 0.3) is 7.82 Å². The standard InChI is InChI=1S/C34H60NO8P/c1-3-4-5-6-7-8-9-10-11-12-13-14-15-16-17-22-27-40-30-33(43-34(37)29-32(2)36)31-42-44(38,39)41-28-23-21-26-35-24-19-18-20-25-35/h18-20,24-25,33H,3-17,21-23,26-31H2,1-2H3. The Morgan fingerprint density at radius 1 is 0.705 bits per heavy atom. The van der Waals surface area contributed by atoms with Crippen LogP contribution in [0.15, 0.2) is 30.6 Å². The number of aromatic nitrogens is 1. The van der Waals surface area contributed by atoms with Crippen molar-refractivity contribution in [1.29, 1.82) is 0 Å². The van der Waals surface area contributed by atoms with Crippen LogP contribution in [0.5, 0.6) is 0 Å². The van der Waals surface area contributed by atoms with Crippen LogP contribution in [0.4, 0.5) is 0 Å². The number of phosphoric acid groups is 1. The SMILES string of the molecule is CCCCCCCCCCCCCCCCCCOCC(COP(=O)([O-])OCCCC[n+]1ccccc1)OC(=O)CC(C)=O. The predicted molar refractivity (Wildman–Crippen MR) is 171 cm³/mol. The zero-order chi connectivity index (χ0) is 32.1. The molecular formula is C34H60NO8P. The van der Waals surface area contributed by atoms with Gasteiger partial charge in [0.2, 0.25) is 0 Å². The van der Waals surface area contributed by atoms with Gasteiger partial charge < -0.3 is 23.4 Å². The van der Waals surface area contributed by atoms with E-state index < -0.39 is 26.5 Å². The Bertz CT molecular complexity index is 885. The maximum absolute atomic E-state index is 12.2. The van der Waals surface area contributed by atoms with Crippen LogP contribution < -0.4 is 9.46 Å². The van der Waals surface area contributed by atoms with E-state index in [0.29, 0.717) is 13.0 Å². The molecule has 254 valence electrons. The summed E-state index contributed by atoms with van der Waals surface area (Å²) in [5.74, 6) is -1.08. The van der Waals surface area contributed by atoms with Crippen molar-refractivity contribution in [3.63, 3.8) is 0 Å². The molecule has 0 aliphatic rings. The molecular weight excluding hydrogens is 581 g/mol. The number of hydrogen-bond acceptors (Lipinski definition) is 8. The van der Waals surface area contributed by atoms with Gasteiger partial charge in [-0.15, -0.1) is 0 Å². The Morgan fingerprint density at radius 3 is 1.77 bits per heavy atom. The van der Waals surface area contributed by atoms with E-state index in [0.717, 1.165) is 32.2 Å². The van der Waals surface area contributed by atoms with Gasteiger partial charge in [-0.2, -0.15) is 0 Å². The molecule has 0 radical (unpaired) electrons. The number of aryl methyl sites for hydroxylation is 1. The topological polar surface area (TPSA) is 115 Å². The molecule has 1 heterocycles. The van der Waals surface area contributed by atoms with E-state index in [2.05, 4.69) is 6.92 Å². The second-order valence-electron chi connectivity index (χ2n) is 11.8. The minimum absolute atomic E-state index is 0.00127. The van der Waals surface area contributed by atoms with Crippen LogP contribution in [-0.4, -0.2) is 44.3 Å². The first-order valence-electron chi connectivity index (χ1n) is 17.1. The van der Waals surface area contributed by atoms with Crippen molar-refractivity contribution in [3.8, 4) is 0 Å². The molecule has 0 aliphatic heterocycles. The van der Waals surface area contributed by atoms with Crippen molar-refractivity contribution in [3.05, 3.63) is 30.6 Å². The van der Waals surface area contributed by atoms with Gasteiger partial charge in [0.15, 0.2) is 12.4 Å². The summed E-state index contributed by atoms with van der Waals surface area (Å²) in [6, 6.07) is 5.79. The molecule has 9 nitrogen and oxygen atoms in total. The van der Waals surface area contributed by atoms with Crippen molar-refractivity contribution < 1.29 is 42.1 Å². The fraction of sp³-hybridized carbons (Fsp3) is 0.794. The van der Waals surface area contributed by atoms with Crippen molar-refractivity contribution in [2.24, 2.45) is 0 Å². The van der Waals surface area contributed by atoms with Gasteiger partial charge >= 0.3 is 5.97 Å². The van der Waals surface area contributed by atoms with E-state index in [9.17, 15) is 19.0 Å². The van der Waals surface area contributed by atoms with E-state index in [-0.39, 0.29) is 25.4 Å². The average Bonchev–Trinajstić information content (AvgIpc) is 2.99. The predicted octanol–water partition coefficient (Wildman–Crippen LogP) is 7.42. The molecule has 0 amide bonds. The monoisotopic (exact) mass is 641 g/mol. The van der Waals surface area contributed by atoms with Crippen LogP contribution in [0.25, 0.3) is 0 Å². The first-order valence-corrected chi connectivity index (χ1v) is 18.6. The summed E-state index contributed by atoms with van der Waals surface area (Å²) in [5.41, 5.74) is 0. The molecule has 0 N–H and O–H groups in total. The van der Waals surface area contributed by atoms with E-state index >= 15 is 0 Å². The molecule has 0 saturated heterocycles. The van der Waals surface area contributed by atoms with Crippen LogP contribution >= 0.6 is 7.82 Å². The Labute approximate surface area is 267 Å². The number of ether oxygens (including phenoxy) is 2. The van der Waals surface area contributed by atoms with Gasteiger partial charge in [-0.05, 0) is 19.8 Å². The number of rotatable bonds is 31. The van der Waals surface area contributed by atoms with Crippen LogP contribution in [-0.2, 0) is 39.2 Å². The third kappa shape index (κ3) is 25.7. The number of carbonyl (C=O) groups is 2. The molecule has 1 aromatic heterocycles. The van der Waals surface area contributed by atoms with E-state index in [1.54, 1.807) is 0 Å². The van der Waals surface area contributed by atoms with Crippen molar-refractivity contribution in [2.45, 2.75) is 148 Å². The van der Waals surface area contributed by atoms with Crippen molar-refractivity contribution in [1.82, 2.24) is 0 Å². The van der Waals surface area contributed by atoms with Gasteiger partial charge in [-0.3, -0.25) is 14.2 Å². The average molecular weight is 642 g/mol. The first-order chi connectivity index (χ1) is 21.3. The summed E-state index contributed by atoms with van der Waals surface area (Å²) < 4.78 is 35.1. The summed E-state index contributed by atoms with van der Waals surface area (Å²) in [7, 11) is -4.58. The number of nitrogens with zero attached hydrogens (tertiary/aromatic N) is 1. The summed E-state index contributed by atoms with van der Waals surface area (Å²) in [4.78, 5) is 35.5. The minimum Gasteiger partial charge on any atom is -0.756 e. The largest absolute Gasteiger partial charge is 0.756 e. The summed E-state index contributed by atoms with van der Waals surface area (Å²) in [6.45, 7) is 4.33. The number of phosphoric ester groups is 1. The highest BCUT2D eigenvalue weighted by molar-refractivity contribution is 7.45. The highest BCUT2D eigenvalue weighted by atomic mass is 31.2. The molecule has 0 fully saturated rings. The van der Waals surface area contributed by atoms with Gasteiger partial charge in [-0.1, -0.05) is 109 Å². The number of pyridine rings is 1. The molecule has 2 atom stereocenters. The summed E-state index contributed by atoms with van der Waals surface area (Å²) in [6.07, 6.45) is 24.4. The number of carbonyl (C=O) groups excluding carboxylic acids is 2. The second kappa shape index (κ2) is 27.7. The maximum Gasteiger partial charge on any atom is 0.313 e. The van der Waals surface area contributed by atoms with E-state index in [1.807, 2.05) is 35.2 Å². The van der Waals surface area contributed by atoms with Gasteiger partial charge in [0.1, 0.15) is 24.9 Å². The number of esters is 1. The molecule has 0 bridgehead atoms. The lowest BCUT2D eigenvalue weighted by atomic mass is 10.0. The minimum atomic E-state index is -4.58. The maximum atomic E-state index is 12.2.